The van der Waals surface area contributed by atoms with E-state index in [0.717, 1.165) is 57.1 Å². The van der Waals surface area contributed by atoms with Gasteiger partial charge >= 0.3 is 6.69 Å². The van der Waals surface area contributed by atoms with E-state index in [1.165, 1.54) is 0 Å². The lowest BCUT2D eigenvalue weighted by Crippen LogP contribution is -2.64. The van der Waals surface area contributed by atoms with E-state index >= 15 is 0 Å². The van der Waals surface area contributed by atoms with Crippen molar-refractivity contribution in [3.63, 3.8) is 0 Å². The Kier molecular flexibility index (Phi) is 3.22. The van der Waals surface area contributed by atoms with Crippen LogP contribution in [0.5, 0.6) is 5.75 Å². The average Bonchev–Trinajstić information content (AvgIpc) is 3.22. The highest BCUT2D eigenvalue weighted by Gasteiger charge is 2.60. The maximum Gasteiger partial charge on any atom is 0.353 e. The summed E-state index contributed by atoms with van der Waals surface area (Å²) in [5, 5.41) is 0. The fraction of sp³-hybridized carbons (Fsp3) is 0.600. The molecule has 0 spiro atoms. The van der Waals surface area contributed by atoms with Crippen LogP contribution in [0.15, 0.2) is 24.3 Å². The van der Waals surface area contributed by atoms with Gasteiger partial charge in [0.05, 0.1) is 7.11 Å². The fourth-order valence-electron chi connectivity index (χ4n) is 4.19. The Labute approximate surface area is 125 Å². The van der Waals surface area contributed by atoms with Crippen molar-refractivity contribution >= 4 is 6.69 Å². The van der Waals surface area contributed by atoms with Crippen LogP contribution in [-0.4, -0.2) is 51.5 Å². The van der Waals surface area contributed by atoms with Gasteiger partial charge in [0.15, 0.2) is 0 Å². The molecule has 0 aromatic heterocycles. The zero-order valence-electron chi connectivity index (χ0n) is 12.4. The monoisotopic (exact) mass is 290 g/mol. The molecule has 4 rings (SSSR count). The van der Waals surface area contributed by atoms with Crippen molar-refractivity contribution in [1.82, 2.24) is 4.81 Å². The Bertz CT molecular complexity index is 505. The van der Waals surface area contributed by atoms with Gasteiger partial charge in [-0.15, -0.1) is 0 Å². The smallest absolute Gasteiger partial charge is 0.353 e. The molecule has 0 aliphatic carbocycles. The van der Waals surface area contributed by atoms with Gasteiger partial charge in [0.25, 0.3) is 0 Å². The number of fused-ring (bicyclic) bond motifs is 1. The molecule has 3 saturated heterocycles. The average molecular weight is 290 g/mol. The molecule has 0 amide bonds. The van der Waals surface area contributed by atoms with E-state index in [1.54, 1.807) is 7.11 Å². The molecule has 0 radical (unpaired) electrons. The van der Waals surface area contributed by atoms with Gasteiger partial charge in [0, 0.05) is 25.3 Å². The Morgan fingerprint density at radius 2 is 1.81 bits per heavy atom. The van der Waals surface area contributed by atoms with Crippen LogP contribution >= 0.6 is 0 Å². The number of ether oxygens (including phenoxy) is 2. The Balaban J connectivity index is 1.79. The van der Waals surface area contributed by atoms with Gasteiger partial charge in [-0.25, -0.2) is 0 Å². The number of methoxy groups -OCH3 is 1. The van der Waals surface area contributed by atoms with Gasteiger partial charge in [-0.3, -0.25) is 0 Å². The summed E-state index contributed by atoms with van der Waals surface area (Å²) in [5.74, 6) is 0.855. The molecule has 21 heavy (non-hydrogen) atoms. The van der Waals surface area contributed by atoms with Crippen LogP contribution < -0.4 is 4.74 Å². The van der Waals surface area contributed by atoms with Crippen molar-refractivity contribution in [3.8, 4) is 5.75 Å². The lowest BCUT2D eigenvalue weighted by molar-refractivity contribution is 0.0115. The standard InChI is InChI=1S/C15H21BNO4/c1-18-14-5-3-13(4-6-14)15(7-2-10-19-15)16-17(8-11-20-16)9-12-21-16/h3-6H,2,7-12H2,1H3/q-1. The Hall–Kier alpha value is -1.08. The molecule has 5 nitrogen and oxygen atoms in total. The summed E-state index contributed by atoms with van der Waals surface area (Å²) < 4.78 is 23.9. The molecular weight excluding hydrogens is 269 g/mol. The number of benzene rings is 1. The number of hydrogen-bond donors (Lipinski definition) is 0. The van der Waals surface area contributed by atoms with Gasteiger partial charge in [-0.05, 0) is 43.6 Å². The van der Waals surface area contributed by atoms with Crippen molar-refractivity contribution in [2.24, 2.45) is 0 Å². The number of rotatable bonds is 3. The van der Waals surface area contributed by atoms with E-state index in [1.807, 2.05) is 12.1 Å². The van der Waals surface area contributed by atoms with Crippen LogP contribution in [0.1, 0.15) is 18.4 Å². The summed E-state index contributed by atoms with van der Waals surface area (Å²) >= 11 is 0. The molecule has 1 unspecified atom stereocenters. The Morgan fingerprint density at radius 3 is 2.38 bits per heavy atom. The van der Waals surface area contributed by atoms with Gasteiger partial charge in [-0.2, -0.15) is 0 Å². The molecule has 114 valence electrons. The van der Waals surface area contributed by atoms with Gasteiger partial charge in [0.1, 0.15) is 5.75 Å². The highest BCUT2D eigenvalue weighted by molar-refractivity contribution is 6.68. The van der Waals surface area contributed by atoms with Crippen LogP contribution in [0, 0.1) is 0 Å². The lowest BCUT2D eigenvalue weighted by atomic mass is 9.50. The molecule has 0 bridgehead atoms. The summed E-state index contributed by atoms with van der Waals surface area (Å²) in [6, 6.07) is 8.14. The topological polar surface area (TPSA) is 40.2 Å². The quantitative estimate of drug-likeness (QED) is 0.790. The molecule has 6 heteroatoms. The molecule has 3 aliphatic rings. The van der Waals surface area contributed by atoms with E-state index in [2.05, 4.69) is 16.9 Å². The second-order valence-corrected chi connectivity index (χ2v) is 6.02. The Morgan fingerprint density at radius 1 is 1.10 bits per heavy atom. The first-order valence-electron chi connectivity index (χ1n) is 7.76. The molecule has 0 saturated carbocycles. The highest BCUT2D eigenvalue weighted by Crippen LogP contribution is 2.49. The van der Waals surface area contributed by atoms with E-state index in [-0.39, 0.29) is 0 Å². The SMILES string of the molecule is COc1ccc(C2([B-]34OCCN3CCO4)CCCO2)cc1. The normalized spacial score (nSPS) is 31.5. The first kappa shape index (κ1) is 13.6. The van der Waals surface area contributed by atoms with Crippen molar-refractivity contribution in [3.05, 3.63) is 29.8 Å². The molecular formula is C15H21BNO4-. The minimum absolute atomic E-state index is 0.473. The maximum atomic E-state index is 6.28. The summed E-state index contributed by atoms with van der Waals surface area (Å²) in [5.41, 5.74) is 0.661. The van der Waals surface area contributed by atoms with Crippen LogP contribution in [0.3, 0.4) is 0 Å². The third kappa shape index (κ3) is 1.80. The van der Waals surface area contributed by atoms with Crippen molar-refractivity contribution in [1.29, 1.82) is 0 Å². The van der Waals surface area contributed by atoms with E-state index in [0.29, 0.717) is 0 Å². The largest absolute Gasteiger partial charge is 0.552 e. The van der Waals surface area contributed by atoms with Crippen molar-refractivity contribution in [2.45, 2.75) is 18.3 Å². The molecule has 3 fully saturated rings. The van der Waals surface area contributed by atoms with E-state index in [4.69, 9.17) is 18.8 Å². The van der Waals surface area contributed by atoms with Gasteiger partial charge in [-0.1, -0.05) is 12.1 Å². The predicted octanol–water partition coefficient (Wildman–Crippen LogP) is 1.54. The lowest BCUT2D eigenvalue weighted by Gasteiger charge is -2.51. The predicted molar refractivity (Wildman–Crippen MR) is 79.1 cm³/mol. The molecule has 3 heterocycles. The van der Waals surface area contributed by atoms with Gasteiger partial charge < -0.3 is 23.6 Å². The summed E-state index contributed by atoms with van der Waals surface area (Å²) in [6.45, 7) is 2.53. The third-order valence-corrected chi connectivity index (χ3v) is 5.15. The number of nitrogens with zero attached hydrogens (tertiary/aromatic N) is 1. The van der Waals surface area contributed by atoms with Crippen molar-refractivity contribution in [2.75, 3.05) is 40.0 Å². The molecule has 0 N–H and O–H groups in total. The summed E-state index contributed by atoms with van der Waals surface area (Å²) in [6.07, 6.45) is 1.98. The minimum Gasteiger partial charge on any atom is -0.552 e. The van der Waals surface area contributed by atoms with Gasteiger partial charge in [0.2, 0.25) is 0 Å². The summed E-state index contributed by atoms with van der Waals surface area (Å²) in [7, 11) is 1.68. The first-order chi connectivity index (χ1) is 10.3. The van der Waals surface area contributed by atoms with Crippen molar-refractivity contribution < 1.29 is 18.8 Å². The second kappa shape index (κ2) is 4.99. The maximum absolute atomic E-state index is 6.28. The van der Waals surface area contributed by atoms with Crippen LogP contribution in [0.25, 0.3) is 0 Å². The summed E-state index contributed by atoms with van der Waals surface area (Å²) in [4.78, 5) is 2.34. The molecule has 1 aromatic rings. The van der Waals surface area contributed by atoms with Crippen LogP contribution in [0.2, 0.25) is 0 Å². The fourth-order valence-corrected chi connectivity index (χ4v) is 4.19. The molecule has 3 aliphatic heterocycles. The zero-order valence-corrected chi connectivity index (χ0v) is 12.4. The third-order valence-electron chi connectivity index (χ3n) is 5.15. The second-order valence-electron chi connectivity index (χ2n) is 6.02. The first-order valence-corrected chi connectivity index (χ1v) is 7.76. The van der Waals surface area contributed by atoms with Crippen LogP contribution in [-0.2, 0) is 19.5 Å². The minimum atomic E-state index is -1.54. The number of hydrogen-bond acceptors (Lipinski definition) is 5. The molecule has 1 atom stereocenters. The van der Waals surface area contributed by atoms with E-state index in [9.17, 15) is 0 Å². The van der Waals surface area contributed by atoms with E-state index < -0.39 is 12.2 Å². The van der Waals surface area contributed by atoms with Crippen LogP contribution in [0.4, 0.5) is 0 Å². The molecule has 1 aromatic carbocycles. The highest BCUT2D eigenvalue weighted by atomic mass is 16.7. The zero-order chi connectivity index (χ0) is 14.3.